The molecular formula is C22H24N4O2S. The summed E-state index contributed by atoms with van der Waals surface area (Å²) >= 11 is 5.30. The molecule has 2 amide bonds. The molecule has 0 radical (unpaired) electrons. The first-order valence-electron chi connectivity index (χ1n) is 9.29. The molecule has 3 rings (SSSR count). The third-order valence-electron chi connectivity index (χ3n) is 4.84. The second kappa shape index (κ2) is 8.45. The highest BCUT2D eigenvalue weighted by atomic mass is 32.1. The molecular weight excluding hydrogens is 384 g/mol. The van der Waals surface area contributed by atoms with Crippen molar-refractivity contribution in [2.75, 3.05) is 10.6 Å². The lowest BCUT2D eigenvalue weighted by atomic mass is 9.94. The Hall–Kier alpha value is -3.19. The number of thiocarbonyl (C=S) groups is 1. The summed E-state index contributed by atoms with van der Waals surface area (Å²) in [4.78, 5) is 24.4. The Balaban J connectivity index is 1.90. The lowest BCUT2D eigenvalue weighted by Crippen LogP contribution is -2.45. The number of anilines is 2. The highest BCUT2D eigenvalue weighted by Crippen LogP contribution is 2.29. The predicted molar refractivity (Wildman–Crippen MR) is 120 cm³/mol. The average Bonchev–Trinajstić information content (AvgIpc) is 2.64. The molecule has 1 heterocycles. The van der Waals surface area contributed by atoms with Crippen LogP contribution in [0, 0.1) is 13.8 Å². The molecule has 0 aliphatic carbocycles. The maximum Gasteiger partial charge on any atom is 0.255 e. The number of hydrogen-bond acceptors (Lipinski definition) is 3. The van der Waals surface area contributed by atoms with Crippen molar-refractivity contribution in [1.29, 1.82) is 0 Å². The van der Waals surface area contributed by atoms with Gasteiger partial charge in [0.15, 0.2) is 5.11 Å². The SMILES string of the molecule is CC(=O)Nc1ccc(C2NC(=S)NC(C)=C2C(=O)Nc2ccc(C)c(C)c2)cc1. The molecule has 1 aliphatic rings. The van der Waals surface area contributed by atoms with E-state index in [9.17, 15) is 9.59 Å². The fourth-order valence-electron chi connectivity index (χ4n) is 3.22. The topological polar surface area (TPSA) is 82.3 Å². The largest absolute Gasteiger partial charge is 0.351 e. The van der Waals surface area contributed by atoms with Gasteiger partial charge in [0.05, 0.1) is 11.6 Å². The number of aryl methyl sites for hydroxylation is 2. The molecule has 2 aromatic rings. The minimum Gasteiger partial charge on any atom is -0.351 e. The molecule has 0 fully saturated rings. The van der Waals surface area contributed by atoms with E-state index >= 15 is 0 Å². The third kappa shape index (κ3) is 4.81. The monoisotopic (exact) mass is 408 g/mol. The van der Waals surface area contributed by atoms with Gasteiger partial charge in [-0.3, -0.25) is 9.59 Å². The van der Waals surface area contributed by atoms with Crippen molar-refractivity contribution in [2.45, 2.75) is 33.7 Å². The molecule has 2 aromatic carbocycles. The first-order chi connectivity index (χ1) is 13.7. The van der Waals surface area contributed by atoms with E-state index in [0.29, 0.717) is 22.1 Å². The maximum absolute atomic E-state index is 13.1. The average molecular weight is 409 g/mol. The molecule has 6 nitrogen and oxygen atoms in total. The number of amides is 2. The number of rotatable bonds is 4. The minimum absolute atomic E-state index is 0.136. The molecule has 29 heavy (non-hydrogen) atoms. The first-order valence-corrected chi connectivity index (χ1v) is 9.70. The van der Waals surface area contributed by atoms with Crippen LogP contribution in [0.5, 0.6) is 0 Å². The van der Waals surface area contributed by atoms with Crippen LogP contribution in [0.4, 0.5) is 11.4 Å². The lowest BCUT2D eigenvalue weighted by molar-refractivity contribution is -0.114. The normalized spacial score (nSPS) is 16.0. The molecule has 0 saturated carbocycles. The van der Waals surface area contributed by atoms with Crippen molar-refractivity contribution in [1.82, 2.24) is 10.6 Å². The van der Waals surface area contributed by atoms with Gasteiger partial charge in [-0.25, -0.2) is 0 Å². The number of allylic oxidation sites excluding steroid dienone is 1. The van der Waals surface area contributed by atoms with Gasteiger partial charge in [-0.15, -0.1) is 0 Å². The highest BCUT2D eigenvalue weighted by Gasteiger charge is 2.30. The van der Waals surface area contributed by atoms with Gasteiger partial charge < -0.3 is 21.3 Å². The summed E-state index contributed by atoms with van der Waals surface area (Å²) in [5.74, 6) is -0.340. The van der Waals surface area contributed by atoms with E-state index in [-0.39, 0.29) is 11.8 Å². The van der Waals surface area contributed by atoms with Gasteiger partial charge in [-0.1, -0.05) is 18.2 Å². The number of nitrogens with one attached hydrogen (secondary N) is 4. The van der Waals surface area contributed by atoms with E-state index in [0.717, 1.165) is 16.8 Å². The number of benzene rings is 2. The van der Waals surface area contributed by atoms with Crippen LogP contribution < -0.4 is 21.3 Å². The van der Waals surface area contributed by atoms with Crippen molar-refractivity contribution in [3.63, 3.8) is 0 Å². The summed E-state index contributed by atoms with van der Waals surface area (Å²) in [7, 11) is 0. The second-order valence-electron chi connectivity index (χ2n) is 7.13. The Morgan fingerprint density at radius 2 is 1.59 bits per heavy atom. The molecule has 150 valence electrons. The zero-order valence-corrected chi connectivity index (χ0v) is 17.7. The Kier molecular flexibility index (Phi) is 5.98. The maximum atomic E-state index is 13.1. The summed E-state index contributed by atoms with van der Waals surface area (Å²) in [6, 6.07) is 12.8. The van der Waals surface area contributed by atoms with Gasteiger partial charge in [0.1, 0.15) is 0 Å². The zero-order valence-electron chi connectivity index (χ0n) is 16.8. The fourth-order valence-corrected chi connectivity index (χ4v) is 3.50. The summed E-state index contributed by atoms with van der Waals surface area (Å²) in [6.45, 7) is 7.34. The highest BCUT2D eigenvalue weighted by molar-refractivity contribution is 7.80. The van der Waals surface area contributed by atoms with Crippen molar-refractivity contribution < 1.29 is 9.59 Å². The number of carbonyl (C=O) groups is 2. The number of hydrogen-bond donors (Lipinski definition) is 4. The smallest absolute Gasteiger partial charge is 0.255 e. The molecule has 4 N–H and O–H groups in total. The van der Waals surface area contributed by atoms with E-state index in [1.165, 1.54) is 12.5 Å². The predicted octanol–water partition coefficient (Wildman–Crippen LogP) is 3.69. The van der Waals surface area contributed by atoms with Gasteiger partial charge in [-0.05, 0) is 73.9 Å². The van der Waals surface area contributed by atoms with Crippen LogP contribution in [0.1, 0.15) is 36.6 Å². The Bertz CT molecular complexity index is 1010. The summed E-state index contributed by atoms with van der Waals surface area (Å²) in [5, 5.41) is 12.4. The van der Waals surface area contributed by atoms with Crippen LogP contribution in [-0.2, 0) is 9.59 Å². The van der Waals surface area contributed by atoms with Crippen molar-refractivity contribution in [3.05, 3.63) is 70.4 Å². The Labute approximate surface area is 175 Å². The second-order valence-corrected chi connectivity index (χ2v) is 7.53. The van der Waals surface area contributed by atoms with Crippen LogP contribution in [0.25, 0.3) is 0 Å². The van der Waals surface area contributed by atoms with Crippen LogP contribution in [-0.4, -0.2) is 16.9 Å². The molecule has 0 bridgehead atoms. The van der Waals surface area contributed by atoms with Gasteiger partial charge in [-0.2, -0.15) is 0 Å². The van der Waals surface area contributed by atoms with Crippen molar-refractivity contribution >= 4 is 40.5 Å². The van der Waals surface area contributed by atoms with Crippen LogP contribution in [0.2, 0.25) is 0 Å². The quantitative estimate of drug-likeness (QED) is 0.580. The number of carbonyl (C=O) groups excluding carboxylic acids is 2. The summed E-state index contributed by atoms with van der Waals surface area (Å²) in [5.41, 5.74) is 5.84. The van der Waals surface area contributed by atoms with E-state index in [4.69, 9.17) is 12.2 Å². The van der Waals surface area contributed by atoms with Gasteiger partial charge in [0, 0.05) is 24.0 Å². The van der Waals surface area contributed by atoms with Crippen LogP contribution in [0.15, 0.2) is 53.7 Å². The zero-order chi connectivity index (χ0) is 21.1. The van der Waals surface area contributed by atoms with E-state index in [1.807, 2.05) is 51.1 Å². The van der Waals surface area contributed by atoms with Crippen molar-refractivity contribution in [2.24, 2.45) is 0 Å². The fraction of sp³-hybridized carbons (Fsp3) is 0.227. The summed E-state index contributed by atoms with van der Waals surface area (Å²) < 4.78 is 0. The lowest BCUT2D eigenvalue weighted by Gasteiger charge is -2.30. The third-order valence-corrected chi connectivity index (χ3v) is 5.06. The van der Waals surface area contributed by atoms with Crippen LogP contribution in [0.3, 0.4) is 0 Å². The van der Waals surface area contributed by atoms with E-state index < -0.39 is 6.04 Å². The standard InChI is InChI=1S/C22H24N4O2S/c1-12-5-8-18(11-13(12)2)25-21(28)19-14(3)23-22(29)26-20(19)16-6-9-17(10-7-16)24-15(4)27/h5-11,20H,1-4H3,(H,24,27)(H,25,28)(H2,23,26,29). The minimum atomic E-state index is -0.401. The molecule has 1 aliphatic heterocycles. The molecule has 1 unspecified atom stereocenters. The molecule has 0 aromatic heterocycles. The molecule has 1 atom stereocenters. The van der Waals surface area contributed by atoms with Gasteiger partial charge in [0.2, 0.25) is 5.91 Å². The first kappa shape index (κ1) is 20.5. The van der Waals surface area contributed by atoms with Gasteiger partial charge in [0.25, 0.3) is 5.91 Å². The van der Waals surface area contributed by atoms with E-state index in [2.05, 4.69) is 21.3 Å². The molecule has 0 saturated heterocycles. The summed E-state index contributed by atoms with van der Waals surface area (Å²) in [6.07, 6.45) is 0. The van der Waals surface area contributed by atoms with Crippen molar-refractivity contribution in [3.8, 4) is 0 Å². The molecule has 7 heteroatoms. The van der Waals surface area contributed by atoms with Crippen LogP contribution >= 0.6 is 12.2 Å². The van der Waals surface area contributed by atoms with Gasteiger partial charge >= 0.3 is 0 Å². The Morgan fingerprint density at radius 1 is 0.931 bits per heavy atom. The van der Waals surface area contributed by atoms with E-state index in [1.54, 1.807) is 12.1 Å². The molecule has 0 spiro atoms. The Morgan fingerprint density at radius 3 is 2.21 bits per heavy atom.